The Morgan fingerprint density at radius 1 is 1.12 bits per heavy atom. The van der Waals surface area contributed by atoms with Crippen molar-refractivity contribution < 1.29 is 32.2 Å². The number of nitrogens with one attached hydrogen (secondary N) is 2. The number of rotatable bonds is 5. The van der Waals surface area contributed by atoms with Crippen molar-refractivity contribution in [3.63, 3.8) is 0 Å². The zero-order valence-corrected chi connectivity index (χ0v) is 13.8. The number of nitrogens with zero attached hydrogens (tertiary/aromatic N) is 2. The lowest BCUT2D eigenvalue weighted by molar-refractivity contribution is -0.141. The van der Waals surface area contributed by atoms with Gasteiger partial charge in [-0.1, -0.05) is 0 Å². The van der Waals surface area contributed by atoms with Gasteiger partial charge in [-0.15, -0.1) is 0 Å². The smallest absolute Gasteiger partial charge is 0.435 e. The molecule has 0 aliphatic carbocycles. The maximum atomic E-state index is 12.4. The van der Waals surface area contributed by atoms with E-state index >= 15 is 0 Å². The van der Waals surface area contributed by atoms with E-state index in [0.717, 1.165) is 16.9 Å². The number of methoxy groups -OCH3 is 2. The summed E-state index contributed by atoms with van der Waals surface area (Å²) in [6, 6.07) is 5.11. The van der Waals surface area contributed by atoms with Gasteiger partial charge in [0.2, 0.25) is 0 Å². The molecule has 2 amide bonds. The average molecular weight is 372 g/mol. The predicted octanol–water partition coefficient (Wildman–Crippen LogP) is 1.38. The van der Waals surface area contributed by atoms with Gasteiger partial charge in [-0.05, 0) is 24.3 Å². The Hall–Kier alpha value is -3.24. The SMILES string of the molecule is COc1ccc(C(=O)NNC(=O)Cn2ccc(C(F)(F)F)n2)cc1OC. The molecule has 8 nitrogen and oxygen atoms in total. The first kappa shape index (κ1) is 19.1. The van der Waals surface area contributed by atoms with Crippen molar-refractivity contribution in [3.05, 3.63) is 41.7 Å². The molecule has 0 bridgehead atoms. The van der Waals surface area contributed by atoms with Crippen molar-refractivity contribution in [2.75, 3.05) is 14.2 Å². The normalized spacial score (nSPS) is 11.0. The van der Waals surface area contributed by atoms with Crippen molar-refractivity contribution in [2.24, 2.45) is 0 Å². The molecule has 0 aliphatic heterocycles. The number of amides is 2. The summed E-state index contributed by atoms with van der Waals surface area (Å²) in [5.41, 5.74) is 3.31. The van der Waals surface area contributed by atoms with Crippen LogP contribution in [-0.4, -0.2) is 35.8 Å². The molecule has 0 aliphatic rings. The molecule has 1 heterocycles. The summed E-state index contributed by atoms with van der Waals surface area (Å²) in [5, 5.41) is 3.24. The molecule has 0 unspecified atom stereocenters. The van der Waals surface area contributed by atoms with Crippen LogP contribution in [0, 0.1) is 0 Å². The summed E-state index contributed by atoms with van der Waals surface area (Å²) in [6.07, 6.45) is -3.58. The Kier molecular flexibility index (Phi) is 5.70. The fourth-order valence-corrected chi connectivity index (χ4v) is 1.96. The lowest BCUT2D eigenvalue weighted by Crippen LogP contribution is -2.43. The van der Waals surface area contributed by atoms with Crippen LogP contribution in [-0.2, 0) is 17.5 Å². The van der Waals surface area contributed by atoms with Crippen molar-refractivity contribution in [2.45, 2.75) is 12.7 Å². The number of hydrogen-bond donors (Lipinski definition) is 2. The number of hydrogen-bond acceptors (Lipinski definition) is 5. The highest BCUT2D eigenvalue weighted by atomic mass is 19.4. The minimum Gasteiger partial charge on any atom is -0.493 e. The van der Waals surface area contributed by atoms with Crippen LogP contribution >= 0.6 is 0 Å². The van der Waals surface area contributed by atoms with E-state index in [9.17, 15) is 22.8 Å². The Labute approximate surface area is 145 Å². The molecule has 0 fully saturated rings. The van der Waals surface area contributed by atoms with Gasteiger partial charge in [0.15, 0.2) is 17.2 Å². The van der Waals surface area contributed by atoms with Gasteiger partial charge in [0.1, 0.15) is 6.54 Å². The molecule has 1 aromatic carbocycles. The van der Waals surface area contributed by atoms with Gasteiger partial charge in [0.25, 0.3) is 11.8 Å². The van der Waals surface area contributed by atoms with Crippen molar-refractivity contribution >= 4 is 11.8 Å². The highest BCUT2D eigenvalue weighted by molar-refractivity contribution is 5.96. The Balaban J connectivity index is 1.92. The molecule has 140 valence electrons. The van der Waals surface area contributed by atoms with Gasteiger partial charge in [-0.3, -0.25) is 25.1 Å². The minimum absolute atomic E-state index is 0.182. The van der Waals surface area contributed by atoms with E-state index < -0.39 is 30.2 Å². The van der Waals surface area contributed by atoms with Crippen molar-refractivity contribution in [1.29, 1.82) is 0 Å². The van der Waals surface area contributed by atoms with E-state index in [1.807, 2.05) is 0 Å². The van der Waals surface area contributed by atoms with Gasteiger partial charge in [0.05, 0.1) is 14.2 Å². The van der Waals surface area contributed by atoms with Gasteiger partial charge in [0, 0.05) is 11.8 Å². The number of hydrazine groups is 1. The zero-order chi connectivity index (χ0) is 19.3. The third-order valence-electron chi connectivity index (χ3n) is 3.20. The summed E-state index contributed by atoms with van der Waals surface area (Å²) >= 11 is 0. The van der Waals surface area contributed by atoms with Crippen LogP contribution in [0.15, 0.2) is 30.5 Å². The maximum absolute atomic E-state index is 12.4. The van der Waals surface area contributed by atoms with Gasteiger partial charge >= 0.3 is 6.18 Å². The molecular formula is C15H15F3N4O4. The number of ether oxygens (including phenoxy) is 2. The maximum Gasteiger partial charge on any atom is 0.435 e. The van der Waals surface area contributed by atoms with Gasteiger partial charge in [-0.25, -0.2) is 0 Å². The molecule has 0 saturated carbocycles. The lowest BCUT2D eigenvalue weighted by Gasteiger charge is -2.10. The molecule has 0 saturated heterocycles. The molecule has 2 rings (SSSR count). The van der Waals surface area contributed by atoms with Crippen LogP contribution in [0.5, 0.6) is 11.5 Å². The van der Waals surface area contributed by atoms with Gasteiger partial charge < -0.3 is 9.47 Å². The number of alkyl halides is 3. The largest absolute Gasteiger partial charge is 0.493 e. The predicted molar refractivity (Wildman–Crippen MR) is 82.4 cm³/mol. The summed E-state index contributed by atoms with van der Waals surface area (Å²) in [6.45, 7) is -0.498. The number of benzene rings is 1. The molecule has 0 radical (unpaired) electrons. The van der Waals surface area contributed by atoms with Crippen LogP contribution in [0.3, 0.4) is 0 Å². The molecule has 2 N–H and O–H groups in total. The second-order valence-electron chi connectivity index (χ2n) is 4.97. The van der Waals surface area contributed by atoms with Crippen molar-refractivity contribution in [1.82, 2.24) is 20.6 Å². The zero-order valence-electron chi connectivity index (χ0n) is 13.8. The second-order valence-corrected chi connectivity index (χ2v) is 4.97. The lowest BCUT2D eigenvalue weighted by atomic mass is 10.2. The molecule has 1 aromatic heterocycles. The third kappa shape index (κ3) is 4.65. The van der Waals surface area contributed by atoms with E-state index in [1.54, 1.807) is 0 Å². The van der Waals surface area contributed by atoms with Crippen LogP contribution in [0.1, 0.15) is 16.1 Å². The fourth-order valence-electron chi connectivity index (χ4n) is 1.96. The standard InChI is InChI=1S/C15H15F3N4O4/c1-25-10-4-3-9(7-11(10)26-2)14(24)20-19-13(23)8-22-6-5-12(21-22)15(16,17)18/h3-7H,8H2,1-2H3,(H,19,23)(H,20,24). The van der Waals surface area contributed by atoms with E-state index in [0.29, 0.717) is 11.5 Å². The first-order chi connectivity index (χ1) is 12.2. The molecule has 26 heavy (non-hydrogen) atoms. The highest BCUT2D eigenvalue weighted by Crippen LogP contribution is 2.28. The van der Waals surface area contributed by atoms with Crippen LogP contribution in [0.4, 0.5) is 13.2 Å². The van der Waals surface area contributed by atoms with E-state index in [2.05, 4.69) is 16.0 Å². The first-order valence-corrected chi connectivity index (χ1v) is 7.16. The molecule has 11 heteroatoms. The Bertz CT molecular complexity index is 804. The Morgan fingerprint density at radius 3 is 2.38 bits per heavy atom. The van der Waals surface area contributed by atoms with E-state index in [4.69, 9.17) is 9.47 Å². The molecule has 2 aromatic rings. The quantitative estimate of drug-likeness (QED) is 0.774. The summed E-state index contributed by atoms with van der Waals surface area (Å²) in [7, 11) is 2.85. The monoisotopic (exact) mass is 372 g/mol. The minimum atomic E-state index is -4.59. The first-order valence-electron chi connectivity index (χ1n) is 7.16. The average Bonchev–Trinajstić information content (AvgIpc) is 3.07. The number of halogens is 3. The summed E-state index contributed by atoms with van der Waals surface area (Å²) in [4.78, 5) is 23.7. The third-order valence-corrected chi connectivity index (χ3v) is 3.20. The van der Waals surface area contributed by atoms with Gasteiger partial charge in [-0.2, -0.15) is 18.3 Å². The van der Waals surface area contributed by atoms with E-state index in [-0.39, 0.29) is 5.56 Å². The number of carbonyl (C=O) groups is 2. The highest BCUT2D eigenvalue weighted by Gasteiger charge is 2.33. The molecule has 0 spiro atoms. The van der Waals surface area contributed by atoms with Crippen molar-refractivity contribution in [3.8, 4) is 11.5 Å². The molecular weight excluding hydrogens is 357 g/mol. The summed E-state index contributed by atoms with van der Waals surface area (Å²) < 4.78 is 48.2. The molecule has 0 atom stereocenters. The Morgan fingerprint density at radius 2 is 1.81 bits per heavy atom. The topological polar surface area (TPSA) is 94.5 Å². The number of aromatic nitrogens is 2. The summed E-state index contributed by atoms with van der Waals surface area (Å²) in [5.74, 6) is -0.652. The second kappa shape index (κ2) is 7.76. The van der Waals surface area contributed by atoms with Crippen LogP contribution < -0.4 is 20.3 Å². The fraction of sp³-hybridized carbons (Fsp3) is 0.267. The van der Waals surface area contributed by atoms with E-state index in [1.165, 1.54) is 32.4 Å². The number of carbonyl (C=O) groups excluding carboxylic acids is 2. The van der Waals surface area contributed by atoms with Crippen LogP contribution in [0.2, 0.25) is 0 Å². The van der Waals surface area contributed by atoms with Crippen LogP contribution in [0.25, 0.3) is 0 Å².